The molecule has 11 nitrogen and oxygen atoms in total. The molecule has 0 heterocycles. The highest BCUT2D eigenvalue weighted by Crippen LogP contribution is 2.36. The number of anilines is 1. The van der Waals surface area contributed by atoms with Gasteiger partial charge in [-0.2, -0.15) is 0 Å². The highest BCUT2D eigenvalue weighted by atomic mass is 79.9. The molecule has 50 heavy (non-hydrogen) atoms. The Hall–Kier alpha value is -4.46. The second-order valence-electron chi connectivity index (χ2n) is 11.7. The summed E-state index contributed by atoms with van der Waals surface area (Å²) in [5.74, 6) is -1.03. The largest absolute Gasteiger partial charge is 0.495 e. The number of carbonyl (C=O) groups is 2. The Morgan fingerprint density at radius 3 is 2.30 bits per heavy atom. The van der Waals surface area contributed by atoms with Gasteiger partial charge in [-0.15, -0.1) is 0 Å². The number of hydrogen-bond donors (Lipinski definition) is 1. The van der Waals surface area contributed by atoms with E-state index in [1.165, 1.54) is 49.3 Å². The van der Waals surface area contributed by atoms with Crippen LogP contribution in [-0.4, -0.2) is 55.8 Å². The van der Waals surface area contributed by atoms with E-state index in [2.05, 4.69) is 21.2 Å². The zero-order valence-electron chi connectivity index (χ0n) is 28.0. The van der Waals surface area contributed by atoms with Gasteiger partial charge in [0, 0.05) is 40.1 Å². The SMILES string of the molecule is CCC(C)NC(=O)C(Cc1ccccc1)N(Cc1ccc(Br)cc1)C(=O)CN(c1cc(Cl)ccc1OC)S(=O)(=O)c1ccc(C)c([N+](=O)[O-])c1. The molecule has 0 bridgehead atoms. The summed E-state index contributed by atoms with van der Waals surface area (Å²) in [5, 5.41) is 14.9. The number of hydrogen-bond acceptors (Lipinski definition) is 7. The topological polar surface area (TPSA) is 139 Å². The highest BCUT2D eigenvalue weighted by molar-refractivity contribution is 9.10. The minimum atomic E-state index is -4.68. The molecule has 0 aromatic heterocycles. The minimum Gasteiger partial charge on any atom is -0.495 e. The number of carbonyl (C=O) groups excluding carboxylic acids is 2. The molecule has 2 atom stereocenters. The molecule has 0 aliphatic carbocycles. The van der Waals surface area contributed by atoms with Crippen LogP contribution in [0.5, 0.6) is 5.75 Å². The molecule has 2 unspecified atom stereocenters. The lowest BCUT2D eigenvalue weighted by Crippen LogP contribution is -2.54. The number of amides is 2. The number of nitrogens with zero attached hydrogens (tertiary/aromatic N) is 3. The monoisotopic (exact) mass is 784 g/mol. The maximum absolute atomic E-state index is 14.7. The summed E-state index contributed by atoms with van der Waals surface area (Å²) in [6.45, 7) is 4.46. The number of nitro benzene ring substituents is 1. The van der Waals surface area contributed by atoms with Crippen molar-refractivity contribution in [2.75, 3.05) is 18.0 Å². The Morgan fingerprint density at radius 2 is 1.68 bits per heavy atom. The zero-order chi connectivity index (χ0) is 36.6. The van der Waals surface area contributed by atoms with E-state index in [4.69, 9.17) is 16.3 Å². The zero-order valence-corrected chi connectivity index (χ0v) is 31.2. The standard InChI is InChI=1S/C36H38BrClN4O7S/c1-5-25(3)39-36(44)33(19-26-9-7-6-8-10-26)40(22-27-12-14-28(37)15-13-27)35(43)23-41(32-20-29(38)16-18-34(32)49-4)50(47,48)30-17-11-24(2)31(21-30)42(45)46/h6-18,20-21,25,33H,5,19,22-23H2,1-4H3,(H,39,44). The molecule has 0 fully saturated rings. The maximum Gasteiger partial charge on any atom is 0.273 e. The van der Waals surface area contributed by atoms with Crippen molar-refractivity contribution in [1.82, 2.24) is 10.2 Å². The lowest BCUT2D eigenvalue weighted by atomic mass is 10.0. The molecule has 0 radical (unpaired) electrons. The molecule has 0 aliphatic heterocycles. The molecular weight excluding hydrogens is 748 g/mol. The molecule has 4 rings (SSSR count). The lowest BCUT2D eigenvalue weighted by Gasteiger charge is -2.34. The second kappa shape index (κ2) is 17.0. The normalized spacial score (nSPS) is 12.4. The number of halogens is 2. The number of nitro groups is 1. The molecule has 0 saturated heterocycles. The summed E-state index contributed by atoms with van der Waals surface area (Å²) in [6.07, 6.45) is 0.788. The van der Waals surface area contributed by atoms with Crippen LogP contribution in [0.2, 0.25) is 5.02 Å². The first-order chi connectivity index (χ1) is 23.7. The molecule has 1 N–H and O–H groups in total. The van der Waals surface area contributed by atoms with E-state index in [1.54, 1.807) is 24.3 Å². The smallest absolute Gasteiger partial charge is 0.273 e. The molecule has 0 aliphatic rings. The van der Waals surface area contributed by atoms with Crippen LogP contribution in [0.3, 0.4) is 0 Å². The van der Waals surface area contributed by atoms with Crippen LogP contribution < -0.4 is 14.4 Å². The third-order valence-electron chi connectivity index (χ3n) is 8.19. The summed E-state index contributed by atoms with van der Waals surface area (Å²) in [5.41, 5.74) is 1.27. The van der Waals surface area contributed by atoms with Gasteiger partial charge in [-0.1, -0.05) is 83.0 Å². The van der Waals surface area contributed by atoms with Crippen molar-refractivity contribution >= 4 is 60.7 Å². The van der Waals surface area contributed by atoms with Gasteiger partial charge in [-0.05, 0) is 67.8 Å². The van der Waals surface area contributed by atoms with Crippen molar-refractivity contribution in [2.45, 2.75) is 57.1 Å². The molecular formula is C36H38BrClN4O7S. The first-order valence-corrected chi connectivity index (χ1v) is 18.4. The quantitative estimate of drug-likeness (QED) is 0.100. The average Bonchev–Trinajstić information content (AvgIpc) is 3.09. The predicted octanol–water partition coefficient (Wildman–Crippen LogP) is 7.08. The maximum atomic E-state index is 14.7. The molecule has 0 spiro atoms. The van der Waals surface area contributed by atoms with Gasteiger partial charge in [0.2, 0.25) is 11.8 Å². The summed E-state index contributed by atoms with van der Waals surface area (Å²) < 4.78 is 36.1. The predicted molar refractivity (Wildman–Crippen MR) is 197 cm³/mol. The number of nitrogens with one attached hydrogen (secondary N) is 1. The third kappa shape index (κ3) is 9.40. The molecule has 0 saturated carbocycles. The second-order valence-corrected chi connectivity index (χ2v) is 14.9. The van der Waals surface area contributed by atoms with E-state index < -0.39 is 49.9 Å². The average molecular weight is 786 g/mol. The van der Waals surface area contributed by atoms with E-state index in [0.29, 0.717) is 12.0 Å². The Morgan fingerprint density at radius 1 is 1.00 bits per heavy atom. The van der Waals surface area contributed by atoms with Gasteiger partial charge in [-0.25, -0.2) is 8.42 Å². The number of benzene rings is 4. The van der Waals surface area contributed by atoms with Crippen LogP contribution in [0.1, 0.15) is 37.0 Å². The van der Waals surface area contributed by atoms with Crippen LogP contribution in [0.25, 0.3) is 0 Å². The van der Waals surface area contributed by atoms with E-state index in [-0.39, 0.29) is 41.0 Å². The van der Waals surface area contributed by atoms with Crippen molar-refractivity contribution in [1.29, 1.82) is 0 Å². The van der Waals surface area contributed by atoms with Gasteiger partial charge in [-0.3, -0.25) is 24.0 Å². The fourth-order valence-electron chi connectivity index (χ4n) is 5.23. The van der Waals surface area contributed by atoms with Gasteiger partial charge in [0.05, 0.1) is 22.6 Å². The van der Waals surface area contributed by atoms with Crippen molar-refractivity contribution in [3.63, 3.8) is 0 Å². The summed E-state index contributed by atoms with van der Waals surface area (Å²) in [4.78, 5) is 40.8. The number of rotatable bonds is 15. The van der Waals surface area contributed by atoms with Crippen molar-refractivity contribution in [3.05, 3.63) is 127 Å². The van der Waals surface area contributed by atoms with E-state index >= 15 is 0 Å². The van der Waals surface area contributed by atoms with Crippen molar-refractivity contribution in [3.8, 4) is 5.75 Å². The molecule has 264 valence electrons. The van der Waals surface area contributed by atoms with Gasteiger partial charge in [0.15, 0.2) is 0 Å². The van der Waals surface area contributed by atoms with Gasteiger partial charge >= 0.3 is 0 Å². The summed E-state index contributed by atoms with van der Waals surface area (Å²) >= 11 is 9.78. The van der Waals surface area contributed by atoms with Crippen LogP contribution >= 0.6 is 27.5 Å². The van der Waals surface area contributed by atoms with Crippen LogP contribution in [0.4, 0.5) is 11.4 Å². The summed E-state index contributed by atoms with van der Waals surface area (Å²) in [7, 11) is -3.34. The Bertz CT molecular complexity index is 1950. The first-order valence-electron chi connectivity index (χ1n) is 15.7. The van der Waals surface area contributed by atoms with E-state index in [9.17, 15) is 28.1 Å². The molecule has 14 heteroatoms. The number of methoxy groups -OCH3 is 1. The lowest BCUT2D eigenvalue weighted by molar-refractivity contribution is -0.385. The molecule has 4 aromatic rings. The highest BCUT2D eigenvalue weighted by Gasteiger charge is 2.36. The number of ether oxygens (including phenoxy) is 1. The van der Waals surface area contributed by atoms with E-state index in [1.807, 2.05) is 44.2 Å². The van der Waals surface area contributed by atoms with Crippen LogP contribution in [0, 0.1) is 17.0 Å². The van der Waals surface area contributed by atoms with Crippen LogP contribution in [-0.2, 0) is 32.6 Å². The molecule has 4 aromatic carbocycles. The Balaban J connectivity index is 1.89. The fraction of sp³-hybridized carbons (Fsp3) is 0.278. The van der Waals surface area contributed by atoms with Crippen molar-refractivity contribution in [2.24, 2.45) is 0 Å². The van der Waals surface area contributed by atoms with Gasteiger partial charge < -0.3 is 15.0 Å². The first kappa shape index (κ1) is 38.3. The van der Waals surface area contributed by atoms with Crippen LogP contribution in [0.15, 0.2) is 100 Å². The Labute approximate surface area is 305 Å². The molecule has 2 amide bonds. The van der Waals surface area contributed by atoms with Gasteiger partial charge in [0.25, 0.3) is 15.7 Å². The number of aryl methyl sites for hydroxylation is 1. The van der Waals surface area contributed by atoms with Crippen molar-refractivity contribution < 1.29 is 27.7 Å². The third-order valence-corrected chi connectivity index (χ3v) is 10.7. The number of sulfonamides is 1. The Kier molecular flexibility index (Phi) is 13.0. The van der Waals surface area contributed by atoms with Gasteiger partial charge in [0.1, 0.15) is 18.3 Å². The fourth-order valence-corrected chi connectivity index (χ4v) is 7.09. The van der Waals surface area contributed by atoms with E-state index in [0.717, 1.165) is 20.4 Å². The summed E-state index contributed by atoms with van der Waals surface area (Å²) in [6, 6.07) is 23.0. The minimum absolute atomic E-state index is 0.0336.